The number of carbonyl (C=O) groups excluding carboxylic acids is 1. The smallest absolute Gasteiger partial charge is 0.253 e. The Morgan fingerprint density at radius 3 is 2.11 bits per heavy atom. The fraction of sp³-hybridized carbons (Fsp3) is 0.650. The first-order chi connectivity index (χ1) is 12.9. The lowest BCUT2D eigenvalue weighted by atomic mass is 10.1. The summed E-state index contributed by atoms with van der Waals surface area (Å²) < 4.78 is 26.7. The maximum absolute atomic E-state index is 12.7. The lowest BCUT2D eigenvalue weighted by Gasteiger charge is -2.35. The fourth-order valence-electron chi connectivity index (χ4n) is 3.64. The number of rotatable bonds is 6. The summed E-state index contributed by atoms with van der Waals surface area (Å²) in [6, 6.07) is 6.44. The first-order valence-corrected chi connectivity index (χ1v) is 11.4. The van der Waals surface area contributed by atoms with Gasteiger partial charge >= 0.3 is 0 Å². The molecule has 1 aromatic carbocycles. The number of sulfonamides is 1. The highest BCUT2D eigenvalue weighted by molar-refractivity contribution is 7.89. The van der Waals surface area contributed by atoms with E-state index in [1.807, 2.05) is 4.90 Å². The van der Waals surface area contributed by atoms with E-state index in [2.05, 4.69) is 18.7 Å². The number of piperazine rings is 1. The first-order valence-electron chi connectivity index (χ1n) is 10.00. The van der Waals surface area contributed by atoms with Crippen molar-refractivity contribution in [2.75, 3.05) is 45.8 Å². The highest BCUT2D eigenvalue weighted by atomic mass is 32.2. The van der Waals surface area contributed by atoms with Gasteiger partial charge < -0.3 is 4.90 Å². The summed E-state index contributed by atoms with van der Waals surface area (Å²) >= 11 is 0. The third-order valence-electron chi connectivity index (χ3n) is 5.49. The van der Waals surface area contributed by atoms with Crippen molar-refractivity contribution in [3.63, 3.8) is 0 Å². The van der Waals surface area contributed by atoms with Crippen LogP contribution >= 0.6 is 0 Å². The molecule has 150 valence electrons. The Bertz CT molecular complexity index is 732. The van der Waals surface area contributed by atoms with Crippen LogP contribution in [0.2, 0.25) is 0 Å². The van der Waals surface area contributed by atoms with E-state index in [9.17, 15) is 13.2 Å². The molecule has 7 heteroatoms. The summed E-state index contributed by atoms with van der Waals surface area (Å²) in [6.45, 7) is 9.98. The molecule has 2 saturated heterocycles. The molecule has 3 rings (SSSR count). The van der Waals surface area contributed by atoms with E-state index >= 15 is 0 Å². The predicted octanol–water partition coefficient (Wildman–Crippen LogP) is 2.28. The Morgan fingerprint density at radius 1 is 0.963 bits per heavy atom. The minimum absolute atomic E-state index is 0.0105. The van der Waals surface area contributed by atoms with Crippen LogP contribution < -0.4 is 0 Å². The molecule has 0 unspecified atom stereocenters. The van der Waals surface area contributed by atoms with Crippen LogP contribution in [0.4, 0.5) is 0 Å². The summed E-state index contributed by atoms with van der Waals surface area (Å²) in [6.07, 6.45) is 3.01. The van der Waals surface area contributed by atoms with E-state index in [1.165, 1.54) is 10.7 Å². The first kappa shape index (κ1) is 20.3. The number of carbonyl (C=O) groups is 1. The van der Waals surface area contributed by atoms with E-state index in [4.69, 9.17) is 0 Å². The molecule has 0 radical (unpaired) electrons. The van der Waals surface area contributed by atoms with Crippen molar-refractivity contribution in [3.8, 4) is 0 Å². The summed E-state index contributed by atoms with van der Waals surface area (Å²) in [5, 5.41) is 0. The van der Waals surface area contributed by atoms with Crippen LogP contribution in [0, 0.1) is 5.92 Å². The van der Waals surface area contributed by atoms with Crippen LogP contribution in [0.3, 0.4) is 0 Å². The molecule has 0 N–H and O–H groups in total. The minimum atomic E-state index is -3.42. The van der Waals surface area contributed by atoms with Gasteiger partial charge in [0.2, 0.25) is 10.0 Å². The minimum Gasteiger partial charge on any atom is -0.336 e. The van der Waals surface area contributed by atoms with E-state index in [0.29, 0.717) is 24.6 Å². The molecule has 1 aromatic rings. The van der Waals surface area contributed by atoms with E-state index in [1.54, 1.807) is 24.3 Å². The zero-order valence-electron chi connectivity index (χ0n) is 16.4. The van der Waals surface area contributed by atoms with Crippen LogP contribution in [0.25, 0.3) is 0 Å². The van der Waals surface area contributed by atoms with Gasteiger partial charge in [-0.3, -0.25) is 9.69 Å². The summed E-state index contributed by atoms with van der Waals surface area (Å²) in [5.74, 6) is 0.684. The van der Waals surface area contributed by atoms with Gasteiger partial charge in [-0.2, -0.15) is 4.31 Å². The molecule has 0 saturated carbocycles. The molecule has 2 fully saturated rings. The Morgan fingerprint density at radius 2 is 1.56 bits per heavy atom. The van der Waals surface area contributed by atoms with Gasteiger partial charge in [-0.25, -0.2) is 8.42 Å². The van der Waals surface area contributed by atoms with E-state index in [0.717, 1.165) is 45.6 Å². The van der Waals surface area contributed by atoms with E-state index < -0.39 is 10.0 Å². The lowest BCUT2D eigenvalue weighted by Crippen LogP contribution is -2.49. The Hall–Kier alpha value is -1.44. The average molecular weight is 394 g/mol. The monoisotopic (exact) mass is 393 g/mol. The molecule has 2 aliphatic heterocycles. The third kappa shape index (κ3) is 4.89. The topological polar surface area (TPSA) is 60.9 Å². The second kappa shape index (κ2) is 8.71. The van der Waals surface area contributed by atoms with Crippen molar-refractivity contribution in [3.05, 3.63) is 29.8 Å². The number of hydrogen-bond donors (Lipinski definition) is 0. The number of nitrogens with zero attached hydrogens (tertiary/aromatic N) is 3. The molecule has 1 amide bonds. The van der Waals surface area contributed by atoms with Crippen molar-refractivity contribution in [2.45, 2.75) is 38.0 Å². The van der Waals surface area contributed by atoms with Crippen LogP contribution in [0.5, 0.6) is 0 Å². The molecule has 0 aromatic heterocycles. The van der Waals surface area contributed by atoms with Crippen molar-refractivity contribution < 1.29 is 13.2 Å². The SMILES string of the molecule is CC(C)CCN1CCN(C(=O)c2ccc(S(=O)(=O)N3CCCC3)cc2)CC1. The quantitative estimate of drug-likeness (QED) is 0.744. The van der Waals surface area contributed by atoms with Crippen molar-refractivity contribution in [1.82, 2.24) is 14.1 Å². The van der Waals surface area contributed by atoms with Gasteiger partial charge in [0.25, 0.3) is 5.91 Å². The zero-order chi connectivity index (χ0) is 19.4. The van der Waals surface area contributed by atoms with Crippen molar-refractivity contribution in [2.24, 2.45) is 5.92 Å². The lowest BCUT2D eigenvalue weighted by molar-refractivity contribution is 0.0631. The maximum Gasteiger partial charge on any atom is 0.253 e. The zero-order valence-corrected chi connectivity index (χ0v) is 17.2. The Balaban J connectivity index is 1.58. The van der Waals surface area contributed by atoms with Crippen molar-refractivity contribution >= 4 is 15.9 Å². The van der Waals surface area contributed by atoms with Gasteiger partial charge in [0.15, 0.2) is 0 Å². The summed E-state index contributed by atoms with van der Waals surface area (Å²) in [7, 11) is -3.42. The average Bonchev–Trinajstić information content (AvgIpc) is 3.22. The van der Waals surface area contributed by atoms with Gasteiger partial charge in [-0.05, 0) is 56.0 Å². The third-order valence-corrected chi connectivity index (χ3v) is 7.40. The van der Waals surface area contributed by atoms with Gasteiger partial charge in [0, 0.05) is 44.8 Å². The second-order valence-corrected chi connectivity index (χ2v) is 9.89. The molecule has 6 nitrogen and oxygen atoms in total. The maximum atomic E-state index is 12.7. The largest absolute Gasteiger partial charge is 0.336 e. The van der Waals surface area contributed by atoms with Gasteiger partial charge in [-0.15, -0.1) is 0 Å². The van der Waals surface area contributed by atoms with Crippen LogP contribution in [-0.4, -0.2) is 74.2 Å². The van der Waals surface area contributed by atoms with Gasteiger partial charge in [0.05, 0.1) is 4.90 Å². The Labute approximate surface area is 163 Å². The molecule has 2 heterocycles. The Kier molecular flexibility index (Phi) is 6.55. The number of amides is 1. The van der Waals surface area contributed by atoms with E-state index in [-0.39, 0.29) is 10.8 Å². The molecule has 0 bridgehead atoms. The molecular weight excluding hydrogens is 362 g/mol. The normalized spacial score (nSPS) is 19.7. The standard InChI is InChI=1S/C20H31N3O3S/c1-17(2)9-12-21-13-15-22(16-14-21)20(24)18-5-7-19(8-6-18)27(25,26)23-10-3-4-11-23/h5-8,17H,3-4,9-16H2,1-2H3. The number of benzene rings is 1. The summed E-state index contributed by atoms with van der Waals surface area (Å²) in [4.78, 5) is 17.3. The highest BCUT2D eigenvalue weighted by Gasteiger charge is 2.28. The summed E-state index contributed by atoms with van der Waals surface area (Å²) in [5.41, 5.74) is 0.561. The number of hydrogen-bond acceptors (Lipinski definition) is 4. The van der Waals surface area contributed by atoms with Crippen LogP contribution in [-0.2, 0) is 10.0 Å². The van der Waals surface area contributed by atoms with Gasteiger partial charge in [0.1, 0.15) is 0 Å². The predicted molar refractivity (Wildman–Crippen MR) is 106 cm³/mol. The molecule has 0 spiro atoms. The highest BCUT2D eigenvalue weighted by Crippen LogP contribution is 2.21. The molecular formula is C20H31N3O3S. The van der Waals surface area contributed by atoms with Gasteiger partial charge in [-0.1, -0.05) is 13.8 Å². The van der Waals surface area contributed by atoms with Crippen LogP contribution in [0.15, 0.2) is 29.2 Å². The molecule has 27 heavy (non-hydrogen) atoms. The second-order valence-electron chi connectivity index (χ2n) is 7.95. The molecule has 2 aliphatic rings. The molecule has 0 aliphatic carbocycles. The van der Waals surface area contributed by atoms with Crippen LogP contribution in [0.1, 0.15) is 43.5 Å². The molecule has 0 atom stereocenters. The fourth-order valence-corrected chi connectivity index (χ4v) is 5.16. The van der Waals surface area contributed by atoms with Crippen molar-refractivity contribution in [1.29, 1.82) is 0 Å².